The van der Waals surface area contributed by atoms with E-state index in [1.54, 1.807) is 24.4 Å². The molecule has 0 radical (unpaired) electrons. The van der Waals surface area contributed by atoms with Crippen LogP contribution in [0, 0.1) is 6.92 Å². The molecule has 0 saturated carbocycles. The first-order valence-corrected chi connectivity index (χ1v) is 8.96. The van der Waals surface area contributed by atoms with Crippen LogP contribution in [-0.4, -0.2) is 51.5 Å². The van der Waals surface area contributed by atoms with Gasteiger partial charge in [0.2, 0.25) is 10.0 Å². The highest BCUT2D eigenvalue weighted by atomic mass is 32.2. The van der Waals surface area contributed by atoms with E-state index in [-0.39, 0.29) is 18.0 Å². The molecule has 8 heteroatoms. The first kappa shape index (κ1) is 16.1. The average Bonchev–Trinajstić information content (AvgIpc) is 2.99. The lowest BCUT2D eigenvalue weighted by Gasteiger charge is -2.38. The molecule has 1 unspecified atom stereocenters. The van der Waals surface area contributed by atoms with Gasteiger partial charge in [-0.3, -0.25) is 0 Å². The Bertz CT molecular complexity index is 776. The summed E-state index contributed by atoms with van der Waals surface area (Å²) in [7, 11) is -3.61. The lowest BCUT2D eigenvalue weighted by Crippen LogP contribution is -2.52. The van der Waals surface area contributed by atoms with Crippen molar-refractivity contribution in [2.75, 3.05) is 13.1 Å². The molecule has 1 aliphatic heterocycles. The number of aliphatic hydroxyl groups is 1. The van der Waals surface area contributed by atoms with Gasteiger partial charge in [-0.2, -0.15) is 4.31 Å². The number of hydrogen-bond acceptors (Lipinski definition) is 5. The molecule has 1 fully saturated rings. The van der Waals surface area contributed by atoms with Gasteiger partial charge in [0.15, 0.2) is 0 Å². The molecule has 7 nitrogen and oxygen atoms in total. The van der Waals surface area contributed by atoms with Gasteiger partial charge in [-0.15, -0.1) is 5.10 Å². The van der Waals surface area contributed by atoms with Gasteiger partial charge in [0, 0.05) is 19.3 Å². The molecule has 2 heterocycles. The molecular weight excluding hydrogens is 316 g/mol. The second-order valence-electron chi connectivity index (χ2n) is 6.08. The molecular formula is C15H20N4O3S. The van der Waals surface area contributed by atoms with Gasteiger partial charge in [0.1, 0.15) is 0 Å². The van der Waals surface area contributed by atoms with Gasteiger partial charge in [-0.1, -0.05) is 17.3 Å². The fraction of sp³-hybridized carbons (Fsp3) is 0.467. The third-order valence-corrected chi connectivity index (χ3v) is 5.92. The Labute approximate surface area is 135 Å². The van der Waals surface area contributed by atoms with E-state index in [1.807, 2.05) is 13.0 Å². The Kier molecular flexibility index (Phi) is 4.22. The van der Waals surface area contributed by atoms with Gasteiger partial charge < -0.3 is 5.11 Å². The van der Waals surface area contributed by atoms with Crippen LogP contribution in [0.4, 0.5) is 0 Å². The van der Waals surface area contributed by atoms with Crippen molar-refractivity contribution in [1.29, 1.82) is 0 Å². The molecule has 3 rings (SSSR count). The smallest absolute Gasteiger partial charge is 0.243 e. The summed E-state index contributed by atoms with van der Waals surface area (Å²) in [6.07, 6.45) is 4.34. The summed E-state index contributed by atoms with van der Waals surface area (Å²) in [5.41, 5.74) is -0.246. The molecule has 124 valence electrons. The molecule has 1 saturated heterocycles. The highest BCUT2D eigenvalue weighted by molar-refractivity contribution is 7.89. The third kappa shape index (κ3) is 3.44. The summed E-state index contributed by atoms with van der Waals surface area (Å²) in [6.45, 7) is 2.56. The number of rotatable bonds is 4. The molecule has 1 N–H and O–H groups in total. The van der Waals surface area contributed by atoms with E-state index >= 15 is 0 Å². The normalized spacial score (nSPS) is 23.0. The topological polar surface area (TPSA) is 88.3 Å². The van der Waals surface area contributed by atoms with E-state index < -0.39 is 15.6 Å². The Balaban J connectivity index is 1.82. The van der Waals surface area contributed by atoms with Gasteiger partial charge in [0.05, 0.1) is 23.2 Å². The first-order chi connectivity index (χ1) is 10.9. The number of aryl methyl sites for hydroxylation is 1. The lowest BCUT2D eigenvalue weighted by atomic mass is 9.94. The highest BCUT2D eigenvalue weighted by Gasteiger charge is 2.39. The predicted molar refractivity (Wildman–Crippen MR) is 84.1 cm³/mol. The van der Waals surface area contributed by atoms with Crippen molar-refractivity contribution in [1.82, 2.24) is 19.3 Å². The number of benzene rings is 1. The number of piperidine rings is 1. The maximum atomic E-state index is 12.8. The van der Waals surface area contributed by atoms with E-state index in [4.69, 9.17) is 0 Å². The summed E-state index contributed by atoms with van der Waals surface area (Å²) in [6, 6.07) is 6.83. The largest absolute Gasteiger partial charge is 0.387 e. The average molecular weight is 336 g/mol. The summed E-state index contributed by atoms with van der Waals surface area (Å²) in [4.78, 5) is 0.266. The van der Waals surface area contributed by atoms with Crippen molar-refractivity contribution < 1.29 is 13.5 Å². The van der Waals surface area contributed by atoms with Gasteiger partial charge in [-0.25, -0.2) is 13.1 Å². The number of hydrogen-bond donors (Lipinski definition) is 1. The van der Waals surface area contributed by atoms with E-state index in [9.17, 15) is 13.5 Å². The Morgan fingerprint density at radius 1 is 1.39 bits per heavy atom. The molecule has 1 aliphatic rings. The zero-order valence-electron chi connectivity index (χ0n) is 13.0. The third-order valence-electron chi connectivity index (χ3n) is 4.08. The SMILES string of the molecule is Cc1cccc(S(=O)(=O)N2CCCC(O)(Cn3ccnn3)C2)c1. The van der Waals surface area contributed by atoms with Crippen molar-refractivity contribution >= 4 is 10.0 Å². The van der Waals surface area contributed by atoms with Crippen LogP contribution in [0.2, 0.25) is 0 Å². The van der Waals surface area contributed by atoms with Crippen LogP contribution in [0.5, 0.6) is 0 Å². The van der Waals surface area contributed by atoms with Gasteiger partial charge in [0.25, 0.3) is 0 Å². The van der Waals surface area contributed by atoms with E-state index in [1.165, 1.54) is 15.2 Å². The van der Waals surface area contributed by atoms with Crippen LogP contribution < -0.4 is 0 Å². The fourth-order valence-electron chi connectivity index (χ4n) is 2.95. The molecule has 1 aromatic carbocycles. The number of aromatic nitrogens is 3. The van der Waals surface area contributed by atoms with Crippen LogP contribution in [-0.2, 0) is 16.6 Å². The quantitative estimate of drug-likeness (QED) is 0.892. The molecule has 2 aromatic rings. The van der Waals surface area contributed by atoms with Gasteiger partial charge in [-0.05, 0) is 37.5 Å². The molecule has 1 aromatic heterocycles. The van der Waals surface area contributed by atoms with Gasteiger partial charge >= 0.3 is 0 Å². The van der Waals surface area contributed by atoms with Crippen LogP contribution in [0.1, 0.15) is 18.4 Å². The van der Waals surface area contributed by atoms with Crippen LogP contribution >= 0.6 is 0 Å². The van der Waals surface area contributed by atoms with Crippen molar-refractivity contribution in [2.24, 2.45) is 0 Å². The molecule has 0 amide bonds. The minimum absolute atomic E-state index is 0.0587. The minimum Gasteiger partial charge on any atom is -0.387 e. The maximum absolute atomic E-state index is 12.8. The molecule has 0 bridgehead atoms. The second kappa shape index (κ2) is 6.03. The summed E-state index contributed by atoms with van der Waals surface area (Å²) >= 11 is 0. The van der Waals surface area contributed by atoms with Crippen LogP contribution in [0.15, 0.2) is 41.6 Å². The van der Waals surface area contributed by atoms with E-state index in [0.717, 1.165) is 5.56 Å². The van der Waals surface area contributed by atoms with Crippen LogP contribution in [0.3, 0.4) is 0 Å². The lowest BCUT2D eigenvalue weighted by molar-refractivity contribution is -0.0247. The zero-order valence-corrected chi connectivity index (χ0v) is 13.8. The molecule has 0 spiro atoms. The number of sulfonamides is 1. The monoisotopic (exact) mass is 336 g/mol. The predicted octanol–water partition coefficient (Wildman–Crippen LogP) is 0.802. The van der Waals surface area contributed by atoms with E-state index in [0.29, 0.717) is 19.4 Å². The number of nitrogens with zero attached hydrogens (tertiary/aromatic N) is 4. The van der Waals surface area contributed by atoms with Crippen molar-refractivity contribution in [3.05, 3.63) is 42.2 Å². The van der Waals surface area contributed by atoms with Crippen molar-refractivity contribution in [2.45, 2.75) is 36.8 Å². The second-order valence-corrected chi connectivity index (χ2v) is 8.02. The Morgan fingerprint density at radius 2 is 2.22 bits per heavy atom. The minimum atomic E-state index is -3.61. The highest BCUT2D eigenvalue weighted by Crippen LogP contribution is 2.27. The molecule has 1 atom stereocenters. The Morgan fingerprint density at radius 3 is 2.91 bits per heavy atom. The summed E-state index contributed by atoms with van der Waals surface area (Å²) in [5.74, 6) is 0. The standard InChI is InChI=1S/C15H20N4O3S/c1-13-4-2-5-14(10-13)23(21,22)19-8-3-6-15(20,12-19)11-18-9-7-16-17-18/h2,4-5,7,9-10,20H,3,6,8,11-12H2,1H3. The maximum Gasteiger partial charge on any atom is 0.243 e. The Hall–Kier alpha value is -1.77. The summed E-state index contributed by atoms with van der Waals surface area (Å²) < 4.78 is 28.5. The van der Waals surface area contributed by atoms with Crippen molar-refractivity contribution in [3.8, 4) is 0 Å². The van der Waals surface area contributed by atoms with E-state index in [2.05, 4.69) is 10.3 Å². The molecule has 0 aliphatic carbocycles. The summed E-state index contributed by atoms with van der Waals surface area (Å²) in [5, 5.41) is 18.3. The fourth-order valence-corrected chi connectivity index (χ4v) is 4.61. The molecule has 23 heavy (non-hydrogen) atoms. The van der Waals surface area contributed by atoms with Crippen LogP contribution in [0.25, 0.3) is 0 Å². The number of β-amino-alcohol motifs (C(OH)–C–C–N with tert-alkyl or cyclic N) is 1. The van der Waals surface area contributed by atoms with Crippen molar-refractivity contribution in [3.63, 3.8) is 0 Å². The zero-order chi connectivity index (χ0) is 16.5. The first-order valence-electron chi connectivity index (χ1n) is 7.52.